The largest absolute Gasteiger partial charge is 0.480 e. The molecule has 4 aromatic rings. The summed E-state index contributed by atoms with van der Waals surface area (Å²) < 4.78 is 10.5. The Labute approximate surface area is 187 Å². The number of carbonyl (C=O) groups excluding carboxylic acids is 1. The van der Waals surface area contributed by atoms with E-state index in [1.807, 2.05) is 12.1 Å². The number of amides is 1. The Morgan fingerprint density at radius 2 is 2.12 bits per heavy atom. The summed E-state index contributed by atoms with van der Waals surface area (Å²) in [5, 5.41) is 6.91. The Bertz CT molecular complexity index is 1330. The smallest absolute Gasteiger partial charge is 0.272 e. The Kier molecular flexibility index (Phi) is 4.81. The zero-order chi connectivity index (χ0) is 22.5. The molecule has 10 nitrogen and oxygen atoms in total. The molecule has 1 unspecified atom stereocenters. The maximum Gasteiger partial charge on any atom is 0.272 e. The Hall–Kier alpha value is -3.53. The molecule has 1 aliphatic rings. The first-order valence-electron chi connectivity index (χ1n) is 10.1. The number of rotatable bonds is 6. The van der Waals surface area contributed by atoms with E-state index < -0.39 is 11.9 Å². The fourth-order valence-electron chi connectivity index (χ4n) is 3.39. The van der Waals surface area contributed by atoms with Crippen molar-refractivity contribution in [3.63, 3.8) is 0 Å². The molecule has 0 radical (unpaired) electrons. The first-order valence-corrected chi connectivity index (χ1v) is 10.5. The van der Waals surface area contributed by atoms with E-state index in [9.17, 15) is 4.79 Å². The molecule has 32 heavy (non-hydrogen) atoms. The van der Waals surface area contributed by atoms with Crippen LogP contribution in [-0.4, -0.2) is 43.1 Å². The van der Waals surface area contributed by atoms with E-state index in [0.717, 1.165) is 24.1 Å². The second-order valence-electron chi connectivity index (χ2n) is 8.07. The third-order valence-corrected chi connectivity index (χ3v) is 6.02. The number of aromatic amines is 1. The number of nitrogens with zero attached hydrogens (tertiary/aromatic N) is 5. The summed E-state index contributed by atoms with van der Waals surface area (Å²) in [5.74, 6) is 0.627. The lowest BCUT2D eigenvalue weighted by atomic mass is 10.1. The summed E-state index contributed by atoms with van der Waals surface area (Å²) in [7, 11) is 1.41. The van der Waals surface area contributed by atoms with Crippen LogP contribution in [0.1, 0.15) is 54.7 Å². The number of imidazole rings is 1. The van der Waals surface area contributed by atoms with E-state index in [4.69, 9.17) is 25.8 Å². The van der Waals surface area contributed by atoms with Crippen molar-refractivity contribution in [2.24, 2.45) is 0 Å². The third-order valence-electron chi connectivity index (χ3n) is 5.68. The van der Waals surface area contributed by atoms with Crippen LogP contribution in [0.4, 0.5) is 0 Å². The Balaban J connectivity index is 1.35. The highest BCUT2D eigenvalue weighted by molar-refractivity contribution is 6.34. The van der Waals surface area contributed by atoms with Crippen LogP contribution in [0.5, 0.6) is 5.88 Å². The summed E-state index contributed by atoms with van der Waals surface area (Å²) in [6.45, 7) is 3.97. The molecule has 0 aromatic carbocycles. The van der Waals surface area contributed by atoms with E-state index in [2.05, 4.69) is 37.3 Å². The molecular weight excluding hydrogens is 434 g/mol. The van der Waals surface area contributed by atoms with Crippen molar-refractivity contribution < 1.29 is 14.1 Å². The molecular formula is C21H20ClN7O3. The summed E-state index contributed by atoms with van der Waals surface area (Å²) in [4.78, 5) is 32.9. The van der Waals surface area contributed by atoms with Crippen LogP contribution in [0.2, 0.25) is 5.02 Å². The second kappa shape index (κ2) is 7.56. The monoisotopic (exact) mass is 453 g/mol. The van der Waals surface area contributed by atoms with Crippen molar-refractivity contribution >= 4 is 28.7 Å². The van der Waals surface area contributed by atoms with E-state index in [1.165, 1.54) is 13.4 Å². The maximum absolute atomic E-state index is 12.6. The standard InChI is InChI=1S/C21H20ClN7O3/c1-10(25-19(30)16-15(22)20(31-3)24-9-23-16)13-8-12(29-32-13)18-26-11-4-5-14(21(2)6-7-21)27-17(11)28-18/h4-5,8-10H,6-7H2,1-3H3,(H,25,30)(H,26,27,28). The zero-order valence-electron chi connectivity index (χ0n) is 17.6. The van der Waals surface area contributed by atoms with Gasteiger partial charge in [0.05, 0.1) is 18.7 Å². The van der Waals surface area contributed by atoms with Gasteiger partial charge in [0.2, 0.25) is 5.88 Å². The first kappa shape index (κ1) is 20.4. The number of aromatic nitrogens is 6. The SMILES string of the molecule is COc1ncnc(C(=O)NC(C)c2cc(-c3nc4nc(C5(C)CC5)ccc4[nH]3)no2)c1Cl. The predicted molar refractivity (Wildman–Crippen MR) is 115 cm³/mol. The van der Waals surface area contributed by atoms with Crippen molar-refractivity contribution in [1.29, 1.82) is 0 Å². The molecule has 11 heteroatoms. The van der Waals surface area contributed by atoms with Crippen LogP contribution in [-0.2, 0) is 5.41 Å². The molecule has 0 bridgehead atoms. The van der Waals surface area contributed by atoms with Crippen LogP contribution in [0.3, 0.4) is 0 Å². The minimum absolute atomic E-state index is 0.00799. The van der Waals surface area contributed by atoms with Gasteiger partial charge in [0, 0.05) is 17.2 Å². The molecule has 1 saturated carbocycles. The first-order chi connectivity index (χ1) is 15.4. The predicted octanol–water partition coefficient (Wildman–Crippen LogP) is 3.61. The number of pyridine rings is 1. The van der Waals surface area contributed by atoms with Gasteiger partial charge in [0.15, 0.2) is 22.9 Å². The van der Waals surface area contributed by atoms with Gasteiger partial charge < -0.3 is 19.6 Å². The number of carbonyl (C=O) groups is 1. The van der Waals surface area contributed by atoms with E-state index >= 15 is 0 Å². The molecule has 4 aromatic heterocycles. The number of halogens is 1. The number of hydrogen-bond donors (Lipinski definition) is 2. The lowest BCUT2D eigenvalue weighted by molar-refractivity contribution is 0.0928. The molecule has 1 fully saturated rings. The van der Waals surface area contributed by atoms with Crippen molar-refractivity contribution in [3.05, 3.63) is 46.7 Å². The number of hydrogen-bond acceptors (Lipinski definition) is 8. The minimum atomic E-state index is -0.496. The lowest BCUT2D eigenvalue weighted by Crippen LogP contribution is -2.27. The molecule has 0 spiro atoms. The third kappa shape index (κ3) is 3.56. The number of methoxy groups -OCH3 is 1. The lowest BCUT2D eigenvalue weighted by Gasteiger charge is -2.11. The Morgan fingerprint density at radius 3 is 2.88 bits per heavy atom. The van der Waals surface area contributed by atoms with Crippen LogP contribution < -0.4 is 10.1 Å². The Morgan fingerprint density at radius 1 is 1.31 bits per heavy atom. The van der Waals surface area contributed by atoms with Crippen LogP contribution in [0.15, 0.2) is 29.0 Å². The van der Waals surface area contributed by atoms with Gasteiger partial charge in [-0.2, -0.15) is 0 Å². The summed E-state index contributed by atoms with van der Waals surface area (Å²) in [5.41, 5.74) is 3.21. The molecule has 0 saturated heterocycles. The second-order valence-corrected chi connectivity index (χ2v) is 8.45. The molecule has 2 N–H and O–H groups in total. The molecule has 164 valence electrons. The van der Waals surface area contributed by atoms with Gasteiger partial charge in [0.25, 0.3) is 5.91 Å². The topological polar surface area (TPSA) is 132 Å². The fraction of sp³-hybridized carbons (Fsp3) is 0.333. The van der Waals surface area contributed by atoms with E-state index in [0.29, 0.717) is 22.9 Å². The normalized spacial score (nSPS) is 15.5. The number of fused-ring (bicyclic) bond motifs is 1. The fourth-order valence-corrected chi connectivity index (χ4v) is 3.65. The van der Waals surface area contributed by atoms with E-state index in [-0.39, 0.29) is 22.0 Å². The molecule has 4 heterocycles. The van der Waals surface area contributed by atoms with Crippen molar-refractivity contribution in [2.45, 2.75) is 38.1 Å². The zero-order valence-corrected chi connectivity index (χ0v) is 18.4. The number of ether oxygens (including phenoxy) is 1. The van der Waals surface area contributed by atoms with Gasteiger partial charge in [0.1, 0.15) is 17.0 Å². The number of nitrogens with one attached hydrogen (secondary N) is 2. The number of H-pyrrole nitrogens is 1. The highest BCUT2D eigenvalue weighted by Gasteiger charge is 2.40. The molecule has 1 atom stereocenters. The van der Waals surface area contributed by atoms with Gasteiger partial charge in [-0.15, -0.1) is 0 Å². The summed E-state index contributed by atoms with van der Waals surface area (Å²) >= 11 is 6.13. The van der Waals surface area contributed by atoms with Crippen molar-refractivity contribution in [2.75, 3.05) is 7.11 Å². The summed E-state index contributed by atoms with van der Waals surface area (Å²) in [6.07, 6.45) is 3.50. The van der Waals surface area contributed by atoms with Gasteiger partial charge in [-0.05, 0) is 31.9 Å². The quantitative estimate of drug-likeness (QED) is 0.452. The van der Waals surface area contributed by atoms with E-state index in [1.54, 1.807) is 13.0 Å². The summed E-state index contributed by atoms with van der Waals surface area (Å²) in [6, 6.07) is 5.25. The molecule has 1 aliphatic carbocycles. The molecule has 5 rings (SSSR count). The molecule has 0 aliphatic heterocycles. The molecule has 1 amide bonds. The van der Waals surface area contributed by atoms with Gasteiger partial charge in [-0.1, -0.05) is 23.7 Å². The van der Waals surface area contributed by atoms with Gasteiger partial charge >= 0.3 is 0 Å². The average molecular weight is 454 g/mol. The highest BCUT2D eigenvalue weighted by Crippen LogP contribution is 2.46. The van der Waals surface area contributed by atoms with Crippen molar-refractivity contribution in [3.8, 4) is 17.4 Å². The minimum Gasteiger partial charge on any atom is -0.480 e. The van der Waals surface area contributed by atoms with Crippen LogP contribution in [0.25, 0.3) is 22.7 Å². The van der Waals surface area contributed by atoms with Gasteiger partial charge in [-0.25, -0.2) is 19.9 Å². The highest BCUT2D eigenvalue weighted by atomic mass is 35.5. The van der Waals surface area contributed by atoms with Gasteiger partial charge in [-0.3, -0.25) is 4.79 Å². The average Bonchev–Trinajstić information content (AvgIpc) is 3.19. The van der Waals surface area contributed by atoms with Crippen molar-refractivity contribution in [1.82, 2.24) is 35.4 Å². The maximum atomic E-state index is 12.6. The van der Waals surface area contributed by atoms with Crippen LogP contribution in [0, 0.1) is 0 Å². The van der Waals surface area contributed by atoms with Crippen LogP contribution >= 0.6 is 11.6 Å².